The van der Waals surface area contributed by atoms with Gasteiger partial charge in [0, 0.05) is 54.3 Å². The number of nitrogens with one attached hydrogen (secondary N) is 1. The van der Waals surface area contributed by atoms with E-state index in [4.69, 9.17) is 0 Å². The number of piperazine rings is 1. The molecule has 2 aromatic carbocycles. The molecule has 0 saturated carbocycles. The number of hydrogen-bond acceptors (Lipinski definition) is 4. The standard InChI is InChI=1S/C20H22BrN3O2S.ClH/c1-23-8-10-24(11-9-23)14-15-13-22-19-7-6-16(12-17(15)19)27(25,26)20-5-3-2-4-18(20)21;/h2-7,12-13,22H,8-11,14H2,1H3;1H. The highest BCUT2D eigenvalue weighted by Crippen LogP contribution is 2.30. The Labute approximate surface area is 180 Å². The van der Waals surface area contributed by atoms with Crippen LogP contribution in [0, 0.1) is 0 Å². The summed E-state index contributed by atoms with van der Waals surface area (Å²) in [5.74, 6) is 0. The summed E-state index contributed by atoms with van der Waals surface area (Å²) in [6.45, 7) is 5.00. The van der Waals surface area contributed by atoms with Crippen LogP contribution in [0.2, 0.25) is 0 Å². The lowest BCUT2D eigenvalue weighted by Gasteiger charge is -2.32. The van der Waals surface area contributed by atoms with Crippen molar-refractivity contribution in [1.29, 1.82) is 0 Å². The summed E-state index contributed by atoms with van der Waals surface area (Å²) in [6.07, 6.45) is 2.00. The second-order valence-electron chi connectivity index (χ2n) is 7.03. The fourth-order valence-corrected chi connectivity index (χ4v) is 5.77. The molecule has 1 aliphatic rings. The number of rotatable bonds is 4. The Morgan fingerprint density at radius 3 is 2.50 bits per heavy atom. The van der Waals surface area contributed by atoms with Crippen LogP contribution in [0.1, 0.15) is 5.56 Å². The van der Waals surface area contributed by atoms with Crippen LogP contribution in [-0.4, -0.2) is 56.4 Å². The van der Waals surface area contributed by atoms with Crippen molar-refractivity contribution in [3.8, 4) is 0 Å². The molecule has 8 heteroatoms. The maximum atomic E-state index is 13.1. The predicted molar refractivity (Wildman–Crippen MR) is 118 cm³/mol. The van der Waals surface area contributed by atoms with E-state index < -0.39 is 9.84 Å². The van der Waals surface area contributed by atoms with Crippen molar-refractivity contribution in [1.82, 2.24) is 14.8 Å². The first-order valence-corrected chi connectivity index (χ1v) is 11.2. The average molecular weight is 485 g/mol. The minimum Gasteiger partial charge on any atom is -0.361 e. The van der Waals surface area contributed by atoms with Gasteiger partial charge in [-0.1, -0.05) is 12.1 Å². The number of H-pyrrole nitrogens is 1. The van der Waals surface area contributed by atoms with E-state index in [0.717, 1.165) is 49.2 Å². The van der Waals surface area contributed by atoms with E-state index in [2.05, 4.69) is 37.8 Å². The Hall–Kier alpha value is -1.38. The van der Waals surface area contributed by atoms with Crippen LogP contribution in [0.4, 0.5) is 0 Å². The summed E-state index contributed by atoms with van der Waals surface area (Å²) < 4.78 is 26.8. The third-order valence-corrected chi connectivity index (χ3v) is 7.93. The van der Waals surface area contributed by atoms with Crippen LogP contribution in [0.5, 0.6) is 0 Å². The van der Waals surface area contributed by atoms with Gasteiger partial charge < -0.3 is 9.88 Å². The summed E-state index contributed by atoms with van der Waals surface area (Å²) in [5.41, 5.74) is 2.10. The Morgan fingerprint density at radius 1 is 1.07 bits per heavy atom. The molecule has 28 heavy (non-hydrogen) atoms. The van der Waals surface area contributed by atoms with E-state index in [1.165, 1.54) is 0 Å². The molecule has 150 valence electrons. The van der Waals surface area contributed by atoms with Gasteiger partial charge in [-0.15, -0.1) is 12.4 Å². The third-order valence-electron chi connectivity index (χ3n) is 5.17. The molecule has 1 aliphatic heterocycles. The average Bonchev–Trinajstić information content (AvgIpc) is 3.06. The molecule has 0 radical (unpaired) electrons. The van der Waals surface area contributed by atoms with Crippen LogP contribution in [0.3, 0.4) is 0 Å². The van der Waals surface area contributed by atoms with Crippen LogP contribution < -0.4 is 0 Å². The first kappa shape index (κ1) is 21.3. The quantitative estimate of drug-likeness (QED) is 0.609. The van der Waals surface area contributed by atoms with Gasteiger partial charge in [-0.3, -0.25) is 4.90 Å². The number of nitrogens with zero attached hydrogens (tertiary/aromatic N) is 2. The van der Waals surface area contributed by atoms with Crippen LogP contribution in [0.25, 0.3) is 10.9 Å². The molecule has 0 bridgehead atoms. The smallest absolute Gasteiger partial charge is 0.207 e. The van der Waals surface area contributed by atoms with Crippen molar-refractivity contribution in [2.75, 3.05) is 33.2 Å². The topological polar surface area (TPSA) is 56.4 Å². The summed E-state index contributed by atoms with van der Waals surface area (Å²) in [4.78, 5) is 8.63. The van der Waals surface area contributed by atoms with Crippen LogP contribution in [0.15, 0.2) is 62.9 Å². The van der Waals surface area contributed by atoms with Crippen molar-refractivity contribution in [2.45, 2.75) is 16.3 Å². The Balaban J connectivity index is 0.00000225. The maximum Gasteiger partial charge on any atom is 0.207 e. The van der Waals surface area contributed by atoms with E-state index in [1.807, 2.05) is 18.3 Å². The number of halogens is 2. The van der Waals surface area contributed by atoms with Gasteiger partial charge in [0.15, 0.2) is 0 Å². The van der Waals surface area contributed by atoms with Crippen molar-refractivity contribution >= 4 is 49.1 Å². The fourth-order valence-electron chi connectivity index (χ4n) is 3.49. The number of hydrogen-bond donors (Lipinski definition) is 1. The molecule has 0 spiro atoms. The van der Waals surface area contributed by atoms with Crippen molar-refractivity contribution in [3.05, 3.63) is 58.7 Å². The second kappa shape index (κ2) is 8.55. The van der Waals surface area contributed by atoms with E-state index >= 15 is 0 Å². The fraction of sp³-hybridized carbons (Fsp3) is 0.300. The van der Waals surface area contributed by atoms with Crippen molar-refractivity contribution in [2.24, 2.45) is 0 Å². The predicted octanol–water partition coefficient (Wildman–Crippen LogP) is 3.93. The van der Waals surface area contributed by atoms with Gasteiger partial charge in [0.2, 0.25) is 9.84 Å². The molecule has 0 amide bonds. The Kier molecular flexibility index (Phi) is 6.51. The van der Waals surface area contributed by atoms with Gasteiger partial charge >= 0.3 is 0 Å². The zero-order valence-electron chi connectivity index (χ0n) is 15.6. The molecular formula is C20H23BrClN3O2S. The highest BCUT2D eigenvalue weighted by atomic mass is 79.9. The molecule has 3 aromatic rings. The number of sulfone groups is 1. The Bertz CT molecular complexity index is 1080. The molecular weight excluding hydrogens is 462 g/mol. The Morgan fingerprint density at radius 2 is 1.79 bits per heavy atom. The molecule has 1 fully saturated rings. The zero-order valence-corrected chi connectivity index (χ0v) is 18.8. The van der Waals surface area contributed by atoms with Gasteiger partial charge in [-0.25, -0.2) is 8.42 Å². The first-order chi connectivity index (χ1) is 12.9. The number of fused-ring (bicyclic) bond motifs is 1. The molecule has 1 N–H and O–H groups in total. The lowest BCUT2D eigenvalue weighted by molar-refractivity contribution is 0.148. The summed E-state index contributed by atoms with van der Waals surface area (Å²) in [5, 5.41) is 0.974. The normalized spacial score (nSPS) is 16.2. The number of aromatic nitrogens is 1. The van der Waals surface area contributed by atoms with E-state index in [1.54, 1.807) is 30.3 Å². The van der Waals surface area contributed by atoms with Crippen molar-refractivity contribution in [3.63, 3.8) is 0 Å². The highest BCUT2D eigenvalue weighted by Gasteiger charge is 2.22. The number of aromatic amines is 1. The maximum absolute atomic E-state index is 13.1. The summed E-state index contributed by atoms with van der Waals surface area (Å²) in [7, 11) is -1.44. The zero-order chi connectivity index (χ0) is 19.0. The lowest BCUT2D eigenvalue weighted by atomic mass is 10.1. The largest absolute Gasteiger partial charge is 0.361 e. The number of benzene rings is 2. The van der Waals surface area contributed by atoms with E-state index in [9.17, 15) is 8.42 Å². The van der Waals surface area contributed by atoms with Crippen molar-refractivity contribution < 1.29 is 8.42 Å². The van der Waals surface area contributed by atoms with Gasteiger partial charge in [0.25, 0.3) is 0 Å². The van der Waals surface area contributed by atoms with Crippen LogP contribution >= 0.6 is 28.3 Å². The lowest BCUT2D eigenvalue weighted by Crippen LogP contribution is -2.43. The molecule has 1 aromatic heterocycles. The molecule has 0 atom stereocenters. The van der Waals surface area contributed by atoms with Gasteiger partial charge in [-0.2, -0.15) is 0 Å². The second-order valence-corrected chi connectivity index (χ2v) is 9.81. The van der Waals surface area contributed by atoms with E-state index in [0.29, 0.717) is 14.3 Å². The highest BCUT2D eigenvalue weighted by molar-refractivity contribution is 9.10. The third kappa shape index (κ3) is 4.14. The van der Waals surface area contributed by atoms with Gasteiger partial charge in [-0.05, 0) is 58.9 Å². The SMILES string of the molecule is CN1CCN(Cc2c[nH]c3ccc(S(=O)(=O)c4ccccc4Br)cc23)CC1.Cl. The molecule has 5 nitrogen and oxygen atoms in total. The summed E-state index contributed by atoms with van der Waals surface area (Å²) >= 11 is 3.36. The van der Waals surface area contributed by atoms with E-state index in [-0.39, 0.29) is 12.4 Å². The van der Waals surface area contributed by atoms with Crippen LogP contribution in [-0.2, 0) is 16.4 Å². The molecule has 0 aliphatic carbocycles. The minimum absolute atomic E-state index is 0. The first-order valence-electron chi connectivity index (χ1n) is 8.96. The van der Waals surface area contributed by atoms with Gasteiger partial charge in [0.1, 0.15) is 0 Å². The molecule has 0 unspecified atom stereocenters. The van der Waals surface area contributed by atoms with Gasteiger partial charge in [0.05, 0.1) is 9.79 Å². The molecule has 4 rings (SSSR count). The summed E-state index contributed by atoms with van der Waals surface area (Å²) in [6, 6.07) is 12.3. The minimum atomic E-state index is -3.58. The molecule has 2 heterocycles. The number of likely N-dealkylation sites (N-methyl/N-ethyl adjacent to an activating group) is 1. The molecule has 1 saturated heterocycles. The monoisotopic (exact) mass is 483 g/mol.